The van der Waals surface area contributed by atoms with Crippen molar-refractivity contribution in [1.82, 2.24) is 4.90 Å². The molecule has 25 heavy (non-hydrogen) atoms. The van der Waals surface area contributed by atoms with Crippen LogP contribution in [0.4, 0.5) is 0 Å². The summed E-state index contributed by atoms with van der Waals surface area (Å²) in [6.45, 7) is 2.93. The highest BCUT2D eigenvalue weighted by atomic mass is 16.5. The number of ether oxygens (including phenoxy) is 1. The molecule has 0 spiro atoms. The third kappa shape index (κ3) is 5.47. The van der Waals surface area contributed by atoms with Gasteiger partial charge in [-0.1, -0.05) is 72.8 Å². The van der Waals surface area contributed by atoms with Crippen molar-refractivity contribution in [3.05, 3.63) is 102 Å². The van der Waals surface area contributed by atoms with Gasteiger partial charge >= 0.3 is 0 Å². The van der Waals surface area contributed by atoms with Gasteiger partial charge in [0.2, 0.25) is 0 Å². The molecule has 0 saturated heterocycles. The Kier molecular flexibility index (Phi) is 6.24. The molecule has 0 heterocycles. The van der Waals surface area contributed by atoms with E-state index in [4.69, 9.17) is 4.74 Å². The van der Waals surface area contributed by atoms with Crippen LogP contribution in [0.3, 0.4) is 0 Å². The van der Waals surface area contributed by atoms with E-state index in [1.54, 1.807) is 7.11 Å². The van der Waals surface area contributed by atoms with Gasteiger partial charge in [-0.25, -0.2) is 0 Å². The summed E-state index contributed by atoms with van der Waals surface area (Å²) in [5, 5.41) is 0. The standard InChI is InChI=1S/C23H25NO/c1-25-23-14-12-22(13-15-23)19-24(18-21-10-6-3-7-11-21)17-16-20-8-4-2-5-9-20/h2-15H,16-19H2,1H3. The van der Waals surface area contributed by atoms with E-state index in [2.05, 4.69) is 77.7 Å². The van der Waals surface area contributed by atoms with Gasteiger partial charge in [-0.2, -0.15) is 0 Å². The minimum atomic E-state index is 0.905. The van der Waals surface area contributed by atoms with Crippen molar-refractivity contribution in [2.45, 2.75) is 19.5 Å². The van der Waals surface area contributed by atoms with Crippen LogP contribution in [0.2, 0.25) is 0 Å². The van der Waals surface area contributed by atoms with Gasteiger partial charge in [0.15, 0.2) is 0 Å². The summed E-state index contributed by atoms with van der Waals surface area (Å²) in [5.41, 5.74) is 4.05. The average molecular weight is 331 g/mol. The second-order valence-electron chi connectivity index (χ2n) is 6.28. The fourth-order valence-corrected chi connectivity index (χ4v) is 2.98. The first-order valence-corrected chi connectivity index (χ1v) is 8.76. The molecule has 0 aliphatic rings. The summed E-state index contributed by atoms with van der Waals surface area (Å²) in [7, 11) is 1.70. The maximum absolute atomic E-state index is 5.26. The van der Waals surface area contributed by atoms with Crippen molar-refractivity contribution in [1.29, 1.82) is 0 Å². The molecule has 0 amide bonds. The topological polar surface area (TPSA) is 12.5 Å². The lowest BCUT2D eigenvalue weighted by Crippen LogP contribution is -2.25. The molecule has 2 nitrogen and oxygen atoms in total. The molecule has 0 saturated carbocycles. The quantitative estimate of drug-likeness (QED) is 0.580. The first kappa shape index (κ1) is 17.2. The Balaban J connectivity index is 1.68. The van der Waals surface area contributed by atoms with Crippen molar-refractivity contribution < 1.29 is 4.74 Å². The van der Waals surface area contributed by atoms with Crippen molar-refractivity contribution in [2.75, 3.05) is 13.7 Å². The van der Waals surface area contributed by atoms with Gasteiger partial charge in [-0.15, -0.1) is 0 Å². The second-order valence-corrected chi connectivity index (χ2v) is 6.28. The Hall–Kier alpha value is -2.58. The number of hydrogen-bond donors (Lipinski definition) is 0. The minimum absolute atomic E-state index is 0.905. The van der Waals surface area contributed by atoms with Crippen molar-refractivity contribution in [2.24, 2.45) is 0 Å². The number of nitrogens with zero attached hydrogens (tertiary/aromatic N) is 1. The maximum atomic E-state index is 5.26. The third-order valence-corrected chi connectivity index (χ3v) is 4.37. The monoisotopic (exact) mass is 331 g/mol. The van der Waals surface area contributed by atoms with Crippen LogP contribution in [0.1, 0.15) is 16.7 Å². The second kappa shape index (κ2) is 9.05. The average Bonchev–Trinajstić information content (AvgIpc) is 2.68. The van der Waals surface area contributed by atoms with E-state index in [1.165, 1.54) is 16.7 Å². The maximum Gasteiger partial charge on any atom is 0.118 e. The fraction of sp³-hybridized carbons (Fsp3) is 0.217. The third-order valence-electron chi connectivity index (χ3n) is 4.37. The zero-order valence-corrected chi connectivity index (χ0v) is 14.8. The van der Waals surface area contributed by atoms with Gasteiger partial charge in [0.05, 0.1) is 7.11 Å². The summed E-state index contributed by atoms with van der Waals surface area (Å²) in [5.74, 6) is 0.905. The van der Waals surface area contributed by atoms with Crippen LogP contribution in [-0.4, -0.2) is 18.6 Å². The van der Waals surface area contributed by atoms with Gasteiger partial charge in [0.25, 0.3) is 0 Å². The van der Waals surface area contributed by atoms with E-state index >= 15 is 0 Å². The normalized spacial score (nSPS) is 10.8. The molecular formula is C23H25NO. The van der Waals surface area contributed by atoms with E-state index in [0.717, 1.165) is 31.8 Å². The van der Waals surface area contributed by atoms with Gasteiger partial charge in [-0.3, -0.25) is 4.90 Å². The Morgan fingerprint density at radius 3 is 1.72 bits per heavy atom. The summed E-state index contributed by atoms with van der Waals surface area (Å²) in [6, 6.07) is 29.8. The minimum Gasteiger partial charge on any atom is -0.497 e. The number of hydrogen-bond acceptors (Lipinski definition) is 2. The predicted octanol–water partition coefficient (Wildman–Crippen LogP) is 4.94. The summed E-state index contributed by atoms with van der Waals surface area (Å²) >= 11 is 0. The SMILES string of the molecule is COc1ccc(CN(CCc2ccccc2)Cc2ccccc2)cc1. The van der Waals surface area contributed by atoms with Crippen LogP contribution in [0.5, 0.6) is 5.75 Å². The van der Waals surface area contributed by atoms with E-state index in [-0.39, 0.29) is 0 Å². The van der Waals surface area contributed by atoms with Gasteiger partial charge in [0, 0.05) is 19.6 Å². The molecule has 3 aromatic carbocycles. The highest BCUT2D eigenvalue weighted by molar-refractivity contribution is 5.27. The largest absolute Gasteiger partial charge is 0.497 e. The smallest absolute Gasteiger partial charge is 0.118 e. The van der Waals surface area contributed by atoms with Crippen LogP contribution < -0.4 is 4.74 Å². The lowest BCUT2D eigenvalue weighted by molar-refractivity contribution is 0.260. The molecule has 0 aliphatic heterocycles. The molecule has 0 aliphatic carbocycles. The highest BCUT2D eigenvalue weighted by Gasteiger charge is 2.08. The molecule has 0 atom stereocenters. The Labute approximate surface area is 150 Å². The molecular weight excluding hydrogens is 306 g/mol. The lowest BCUT2D eigenvalue weighted by Gasteiger charge is -2.23. The van der Waals surface area contributed by atoms with Crippen LogP contribution in [0.25, 0.3) is 0 Å². The van der Waals surface area contributed by atoms with Gasteiger partial charge in [0.1, 0.15) is 5.75 Å². The van der Waals surface area contributed by atoms with E-state index in [1.807, 2.05) is 12.1 Å². The molecule has 3 aromatic rings. The summed E-state index contributed by atoms with van der Waals surface area (Å²) in [4.78, 5) is 2.50. The van der Waals surface area contributed by atoms with Crippen LogP contribution in [0.15, 0.2) is 84.9 Å². The summed E-state index contributed by atoms with van der Waals surface area (Å²) < 4.78 is 5.26. The molecule has 2 heteroatoms. The van der Waals surface area contributed by atoms with Crippen molar-refractivity contribution >= 4 is 0 Å². The van der Waals surface area contributed by atoms with Crippen molar-refractivity contribution in [3.8, 4) is 5.75 Å². The Morgan fingerprint density at radius 1 is 0.640 bits per heavy atom. The zero-order valence-electron chi connectivity index (χ0n) is 14.8. The van der Waals surface area contributed by atoms with Crippen LogP contribution >= 0.6 is 0 Å². The van der Waals surface area contributed by atoms with E-state index in [0.29, 0.717) is 0 Å². The molecule has 0 radical (unpaired) electrons. The predicted molar refractivity (Wildman–Crippen MR) is 104 cm³/mol. The fourth-order valence-electron chi connectivity index (χ4n) is 2.98. The number of benzene rings is 3. The molecule has 3 rings (SSSR count). The first-order chi connectivity index (χ1) is 12.3. The molecule has 0 fully saturated rings. The molecule has 0 N–H and O–H groups in total. The van der Waals surface area contributed by atoms with Gasteiger partial charge < -0.3 is 4.74 Å². The van der Waals surface area contributed by atoms with Crippen LogP contribution in [0, 0.1) is 0 Å². The van der Waals surface area contributed by atoms with Crippen molar-refractivity contribution in [3.63, 3.8) is 0 Å². The molecule has 128 valence electrons. The van der Waals surface area contributed by atoms with Gasteiger partial charge in [-0.05, 0) is 35.2 Å². The summed E-state index contributed by atoms with van der Waals surface area (Å²) in [6.07, 6.45) is 1.06. The Morgan fingerprint density at radius 2 is 1.16 bits per heavy atom. The number of rotatable bonds is 8. The van der Waals surface area contributed by atoms with E-state index < -0.39 is 0 Å². The Bertz CT molecular complexity index is 738. The molecule has 0 aromatic heterocycles. The first-order valence-electron chi connectivity index (χ1n) is 8.76. The van der Waals surface area contributed by atoms with E-state index in [9.17, 15) is 0 Å². The van der Waals surface area contributed by atoms with Crippen LogP contribution in [-0.2, 0) is 19.5 Å². The molecule has 0 bridgehead atoms. The molecule has 0 unspecified atom stereocenters. The number of methoxy groups -OCH3 is 1. The zero-order chi connectivity index (χ0) is 17.3. The highest BCUT2D eigenvalue weighted by Crippen LogP contribution is 2.15. The lowest BCUT2D eigenvalue weighted by atomic mass is 10.1.